The van der Waals surface area contributed by atoms with Crippen molar-refractivity contribution in [3.05, 3.63) is 27.7 Å². The summed E-state index contributed by atoms with van der Waals surface area (Å²) < 4.78 is 31.6. The molecule has 1 aromatic carbocycles. The van der Waals surface area contributed by atoms with Crippen molar-refractivity contribution < 1.29 is 13.5 Å². The van der Waals surface area contributed by atoms with E-state index >= 15 is 0 Å². The van der Waals surface area contributed by atoms with E-state index in [1.165, 1.54) is 13.2 Å². The van der Waals surface area contributed by atoms with Crippen molar-refractivity contribution in [1.82, 2.24) is 5.32 Å². The number of methoxy groups -OCH3 is 1. The molecule has 0 bridgehead atoms. The van der Waals surface area contributed by atoms with Crippen molar-refractivity contribution >= 4 is 15.9 Å². The first kappa shape index (κ1) is 11.4. The van der Waals surface area contributed by atoms with Gasteiger partial charge in [0.2, 0.25) is 0 Å². The van der Waals surface area contributed by atoms with Gasteiger partial charge in [-0.15, -0.1) is 0 Å². The van der Waals surface area contributed by atoms with Gasteiger partial charge in [-0.2, -0.15) is 0 Å². The molecule has 78 valence electrons. The molecule has 0 saturated carbocycles. The largest absolute Gasteiger partial charge is 0.491 e. The molecule has 0 saturated heterocycles. The summed E-state index contributed by atoms with van der Waals surface area (Å²) in [5.74, 6) is -1.74. The lowest BCUT2D eigenvalue weighted by Gasteiger charge is -2.09. The maximum atomic E-state index is 13.5. The van der Waals surface area contributed by atoms with Crippen LogP contribution in [0.25, 0.3) is 0 Å². The van der Waals surface area contributed by atoms with Crippen LogP contribution in [0, 0.1) is 11.6 Å². The van der Waals surface area contributed by atoms with E-state index in [1.54, 1.807) is 7.05 Å². The van der Waals surface area contributed by atoms with Crippen molar-refractivity contribution in [2.24, 2.45) is 0 Å². The lowest BCUT2D eigenvalue weighted by Crippen LogP contribution is -2.09. The third-order valence-corrected chi connectivity index (χ3v) is 2.34. The van der Waals surface area contributed by atoms with Crippen molar-refractivity contribution in [2.75, 3.05) is 14.2 Å². The summed E-state index contributed by atoms with van der Waals surface area (Å²) in [6.07, 6.45) is 0. The van der Waals surface area contributed by atoms with Gasteiger partial charge in [-0.3, -0.25) is 0 Å². The molecule has 1 N–H and O–H groups in total. The predicted octanol–water partition coefficient (Wildman–Crippen LogP) is 2.46. The van der Waals surface area contributed by atoms with E-state index in [2.05, 4.69) is 26.0 Å². The highest BCUT2D eigenvalue weighted by atomic mass is 79.9. The summed E-state index contributed by atoms with van der Waals surface area (Å²) in [5, 5.41) is 2.78. The van der Waals surface area contributed by atoms with Crippen LogP contribution in [0.5, 0.6) is 5.75 Å². The molecule has 0 fully saturated rings. The van der Waals surface area contributed by atoms with E-state index in [4.69, 9.17) is 0 Å². The monoisotopic (exact) mass is 265 g/mol. The smallest absolute Gasteiger partial charge is 0.191 e. The topological polar surface area (TPSA) is 21.3 Å². The molecule has 0 aliphatic carbocycles. The van der Waals surface area contributed by atoms with Gasteiger partial charge in [0.05, 0.1) is 11.6 Å². The van der Waals surface area contributed by atoms with Gasteiger partial charge in [-0.05, 0) is 29.0 Å². The number of benzene rings is 1. The van der Waals surface area contributed by atoms with Gasteiger partial charge in [-0.1, -0.05) is 0 Å². The first-order valence-corrected chi connectivity index (χ1v) is 4.76. The average molecular weight is 266 g/mol. The molecular formula is C9H10BrF2NO. The van der Waals surface area contributed by atoms with Crippen LogP contribution in [0.2, 0.25) is 0 Å². The number of ether oxygens (including phenoxy) is 1. The summed E-state index contributed by atoms with van der Waals surface area (Å²) in [6, 6.07) is 1.39. The maximum Gasteiger partial charge on any atom is 0.191 e. The Hall–Kier alpha value is -0.680. The molecule has 0 atom stereocenters. The van der Waals surface area contributed by atoms with Gasteiger partial charge in [-0.25, -0.2) is 8.78 Å². The minimum atomic E-state index is -0.718. The molecule has 0 radical (unpaired) electrons. The molecule has 5 heteroatoms. The standard InChI is InChI=1S/C9H10BrF2NO/c1-13-4-5-3-6(10)8(12)9(14-2)7(5)11/h3,13H,4H2,1-2H3. The minimum absolute atomic E-state index is 0.195. The number of nitrogens with one attached hydrogen (secondary N) is 1. The second-order valence-electron chi connectivity index (χ2n) is 2.71. The van der Waals surface area contributed by atoms with Crippen LogP contribution < -0.4 is 10.1 Å². The van der Waals surface area contributed by atoms with Crippen LogP contribution in [-0.4, -0.2) is 14.2 Å². The summed E-state index contributed by atoms with van der Waals surface area (Å²) in [4.78, 5) is 0. The molecule has 1 aromatic rings. The molecule has 0 aromatic heterocycles. The van der Waals surface area contributed by atoms with Crippen LogP contribution in [0.15, 0.2) is 10.5 Å². The number of hydrogen-bond donors (Lipinski definition) is 1. The summed E-state index contributed by atoms with van der Waals surface area (Å²) in [7, 11) is 2.92. The average Bonchev–Trinajstić information content (AvgIpc) is 2.16. The zero-order valence-electron chi connectivity index (χ0n) is 7.83. The Kier molecular flexibility index (Phi) is 3.83. The molecule has 0 amide bonds. The molecule has 0 aliphatic rings. The van der Waals surface area contributed by atoms with Crippen LogP contribution in [0.4, 0.5) is 8.78 Å². The SMILES string of the molecule is CNCc1cc(Br)c(F)c(OC)c1F. The molecule has 0 spiro atoms. The molecule has 0 aliphatic heterocycles. The van der Waals surface area contributed by atoms with Crippen LogP contribution in [0.3, 0.4) is 0 Å². The van der Waals surface area contributed by atoms with Gasteiger partial charge in [0.25, 0.3) is 0 Å². The number of hydrogen-bond acceptors (Lipinski definition) is 2. The van der Waals surface area contributed by atoms with Crippen LogP contribution >= 0.6 is 15.9 Å². The van der Waals surface area contributed by atoms with Gasteiger partial charge < -0.3 is 10.1 Å². The van der Waals surface area contributed by atoms with E-state index in [0.29, 0.717) is 12.1 Å². The Morgan fingerprint density at radius 2 is 2.07 bits per heavy atom. The van der Waals surface area contributed by atoms with E-state index in [-0.39, 0.29) is 10.2 Å². The van der Waals surface area contributed by atoms with Crippen LogP contribution in [-0.2, 0) is 6.54 Å². The van der Waals surface area contributed by atoms with E-state index < -0.39 is 11.6 Å². The van der Waals surface area contributed by atoms with E-state index in [1.807, 2.05) is 0 Å². The lowest BCUT2D eigenvalue weighted by molar-refractivity contribution is 0.356. The fourth-order valence-electron chi connectivity index (χ4n) is 1.13. The molecule has 2 nitrogen and oxygen atoms in total. The molecule has 1 rings (SSSR count). The van der Waals surface area contributed by atoms with E-state index in [9.17, 15) is 8.78 Å². The maximum absolute atomic E-state index is 13.5. The van der Waals surface area contributed by atoms with Crippen LogP contribution in [0.1, 0.15) is 5.56 Å². The van der Waals surface area contributed by atoms with Crippen molar-refractivity contribution in [3.8, 4) is 5.75 Å². The lowest BCUT2D eigenvalue weighted by atomic mass is 10.2. The molecule has 14 heavy (non-hydrogen) atoms. The van der Waals surface area contributed by atoms with Gasteiger partial charge in [0, 0.05) is 12.1 Å². The fourth-order valence-corrected chi connectivity index (χ4v) is 1.59. The zero-order valence-corrected chi connectivity index (χ0v) is 9.41. The minimum Gasteiger partial charge on any atom is -0.491 e. The van der Waals surface area contributed by atoms with Gasteiger partial charge in [0.15, 0.2) is 17.4 Å². The highest BCUT2D eigenvalue weighted by molar-refractivity contribution is 9.10. The number of halogens is 3. The third-order valence-electron chi connectivity index (χ3n) is 1.76. The fraction of sp³-hybridized carbons (Fsp3) is 0.333. The van der Waals surface area contributed by atoms with Gasteiger partial charge in [0.1, 0.15) is 0 Å². The first-order valence-electron chi connectivity index (χ1n) is 3.96. The number of rotatable bonds is 3. The Morgan fingerprint density at radius 1 is 1.43 bits per heavy atom. The second-order valence-corrected chi connectivity index (χ2v) is 3.56. The Balaban J connectivity index is 3.27. The second kappa shape index (κ2) is 4.70. The van der Waals surface area contributed by atoms with Crippen molar-refractivity contribution in [1.29, 1.82) is 0 Å². The normalized spacial score (nSPS) is 10.4. The highest BCUT2D eigenvalue weighted by Crippen LogP contribution is 2.30. The predicted molar refractivity (Wildman–Crippen MR) is 53.4 cm³/mol. The quantitative estimate of drug-likeness (QED) is 0.848. The third kappa shape index (κ3) is 2.04. The van der Waals surface area contributed by atoms with Crippen molar-refractivity contribution in [2.45, 2.75) is 6.54 Å². The van der Waals surface area contributed by atoms with Crippen molar-refractivity contribution in [3.63, 3.8) is 0 Å². The van der Waals surface area contributed by atoms with E-state index in [0.717, 1.165) is 0 Å². The Bertz CT molecular complexity index is 344. The Morgan fingerprint density at radius 3 is 2.57 bits per heavy atom. The first-order chi connectivity index (χ1) is 6.61. The summed E-state index contributed by atoms with van der Waals surface area (Å²) >= 11 is 2.99. The molecule has 0 heterocycles. The summed E-state index contributed by atoms with van der Waals surface area (Å²) in [6.45, 7) is 0.321. The Labute approximate surface area is 89.4 Å². The molecule has 0 unspecified atom stereocenters. The summed E-state index contributed by atoms with van der Waals surface area (Å²) in [5.41, 5.74) is 0.359. The van der Waals surface area contributed by atoms with Gasteiger partial charge >= 0.3 is 0 Å². The highest BCUT2D eigenvalue weighted by Gasteiger charge is 2.17. The molecular weight excluding hydrogens is 256 g/mol. The zero-order chi connectivity index (χ0) is 10.7.